The van der Waals surface area contributed by atoms with Crippen LogP contribution >= 0.6 is 11.3 Å². The number of thiophene rings is 1. The van der Waals surface area contributed by atoms with Crippen molar-refractivity contribution in [1.82, 2.24) is 20.2 Å². The fraction of sp³-hybridized carbons (Fsp3) is 0.0769. The van der Waals surface area contributed by atoms with Crippen molar-refractivity contribution >= 4 is 22.9 Å². The molecule has 0 saturated carbocycles. The maximum Gasteiger partial charge on any atom is 0.265 e. The number of aromatic nitrogens is 4. The molecule has 2 heterocycles. The van der Waals surface area contributed by atoms with Crippen molar-refractivity contribution < 1.29 is 9.53 Å². The molecule has 0 aliphatic heterocycles. The van der Waals surface area contributed by atoms with E-state index >= 15 is 0 Å². The highest BCUT2D eigenvalue weighted by atomic mass is 32.1. The summed E-state index contributed by atoms with van der Waals surface area (Å²) in [5.41, 5.74) is 1.33. The first-order chi connectivity index (χ1) is 10.3. The summed E-state index contributed by atoms with van der Waals surface area (Å²) in [6.45, 7) is 0. The lowest BCUT2D eigenvalue weighted by molar-refractivity contribution is 0.103. The molecule has 2 aromatic heterocycles. The molecule has 0 aliphatic carbocycles. The van der Waals surface area contributed by atoms with Gasteiger partial charge in [-0.1, -0.05) is 6.07 Å². The van der Waals surface area contributed by atoms with Crippen LogP contribution in [0, 0.1) is 0 Å². The summed E-state index contributed by atoms with van der Waals surface area (Å²) < 4.78 is 6.82. The zero-order chi connectivity index (χ0) is 14.7. The zero-order valence-electron chi connectivity index (χ0n) is 11.1. The van der Waals surface area contributed by atoms with Crippen molar-refractivity contribution in [1.29, 1.82) is 0 Å². The number of carbonyl (C=O) groups excluding carboxylic acids is 1. The van der Waals surface area contributed by atoms with E-state index in [-0.39, 0.29) is 5.91 Å². The molecule has 1 amide bonds. The number of amides is 1. The third-order valence-electron chi connectivity index (χ3n) is 2.79. The SMILES string of the molecule is COc1cc(-n2cnnn2)ccc1NC(=O)c1cccs1. The minimum absolute atomic E-state index is 0.168. The lowest BCUT2D eigenvalue weighted by atomic mass is 10.2. The number of methoxy groups -OCH3 is 1. The standard InChI is InChI=1S/C13H11N5O2S/c1-20-11-7-9(18-8-14-16-17-18)4-5-10(11)15-13(19)12-3-2-6-21-12/h2-8H,1H3,(H,15,19). The molecule has 0 radical (unpaired) electrons. The fourth-order valence-electron chi connectivity index (χ4n) is 1.80. The lowest BCUT2D eigenvalue weighted by Gasteiger charge is -2.11. The number of nitrogens with one attached hydrogen (secondary N) is 1. The van der Waals surface area contributed by atoms with E-state index < -0.39 is 0 Å². The predicted molar refractivity (Wildman–Crippen MR) is 78.0 cm³/mol. The average Bonchev–Trinajstić information content (AvgIpc) is 3.20. The van der Waals surface area contributed by atoms with Gasteiger partial charge in [-0.3, -0.25) is 4.79 Å². The topological polar surface area (TPSA) is 81.9 Å². The molecule has 0 fully saturated rings. The van der Waals surface area contributed by atoms with Gasteiger partial charge >= 0.3 is 0 Å². The van der Waals surface area contributed by atoms with Crippen LogP contribution < -0.4 is 10.1 Å². The normalized spacial score (nSPS) is 10.3. The van der Waals surface area contributed by atoms with Crippen LogP contribution in [0.4, 0.5) is 5.69 Å². The summed E-state index contributed by atoms with van der Waals surface area (Å²) >= 11 is 1.38. The van der Waals surface area contributed by atoms with Crippen molar-refractivity contribution in [3.8, 4) is 11.4 Å². The Balaban J connectivity index is 1.87. The van der Waals surface area contributed by atoms with Crippen LogP contribution in [0.15, 0.2) is 42.0 Å². The van der Waals surface area contributed by atoms with Gasteiger partial charge in [-0.25, -0.2) is 4.68 Å². The van der Waals surface area contributed by atoms with Gasteiger partial charge in [-0.05, 0) is 34.0 Å². The highest BCUT2D eigenvalue weighted by Gasteiger charge is 2.12. The lowest BCUT2D eigenvalue weighted by Crippen LogP contribution is -2.11. The summed E-state index contributed by atoms with van der Waals surface area (Å²) in [6, 6.07) is 8.89. The molecule has 0 saturated heterocycles. The maximum absolute atomic E-state index is 12.1. The first-order valence-electron chi connectivity index (χ1n) is 6.04. The summed E-state index contributed by atoms with van der Waals surface area (Å²) in [7, 11) is 1.54. The number of benzene rings is 1. The molecule has 21 heavy (non-hydrogen) atoms. The van der Waals surface area contributed by atoms with Crippen molar-refractivity contribution in [2.24, 2.45) is 0 Å². The molecule has 3 aromatic rings. The second-order valence-electron chi connectivity index (χ2n) is 4.07. The van der Waals surface area contributed by atoms with E-state index in [1.54, 1.807) is 31.4 Å². The molecule has 106 valence electrons. The Bertz CT molecular complexity index is 740. The van der Waals surface area contributed by atoms with Crippen LogP contribution in [0.1, 0.15) is 9.67 Å². The minimum Gasteiger partial charge on any atom is -0.494 e. The Morgan fingerprint density at radius 2 is 2.29 bits per heavy atom. The highest BCUT2D eigenvalue weighted by molar-refractivity contribution is 7.12. The minimum atomic E-state index is -0.168. The van der Waals surface area contributed by atoms with Crippen LogP contribution in [0.5, 0.6) is 5.75 Å². The van der Waals surface area contributed by atoms with E-state index in [4.69, 9.17) is 4.74 Å². The number of hydrogen-bond donors (Lipinski definition) is 1. The van der Waals surface area contributed by atoms with E-state index in [2.05, 4.69) is 20.8 Å². The number of rotatable bonds is 4. The number of tetrazole rings is 1. The van der Waals surface area contributed by atoms with Gasteiger partial charge in [0, 0.05) is 6.07 Å². The van der Waals surface area contributed by atoms with Crippen molar-refractivity contribution in [3.63, 3.8) is 0 Å². The van der Waals surface area contributed by atoms with Crippen molar-refractivity contribution in [3.05, 3.63) is 46.9 Å². The van der Waals surface area contributed by atoms with Crippen LogP contribution in [0.25, 0.3) is 5.69 Å². The van der Waals surface area contributed by atoms with E-state index in [9.17, 15) is 4.79 Å². The molecule has 0 unspecified atom stereocenters. The van der Waals surface area contributed by atoms with E-state index in [0.717, 1.165) is 5.69 Å². The van der Waals surface area contributed by atoms with E-state index in [0.29, 0.717) is 16.3 Å². The summed E-state index contributed by atoms with van der Waals surface area (Å²) in [4.78, 5) is 12.7. The van der Waals surface area contributed by atoms with Crippen LogP contribution in [-0.2, 0) is 0 Å². The van der Waals surface area contributed by atoms with E-state index in [1.165, 1.54) is 22.3 Å². The average molecular weight is 301 g/mol. The number of ether oxygens (including phenoxy) is 1. The molecular formula is C13H11N5O2S. The number of carbonyl (C=O) groups is 1. The second-order valence-corrected chi connectivity index (χ2v) is 5.02. The molecular weight excluding hydrogens is 290 g/mol. The largest absolute Gasteiger partial charge is 0.494 e. The second kappa shape index (κ2) is 5.71. The molecule has 8 heteroatoms. The van der Waals surface area contributed by atoms with Gasteiger partial charge in [0.15, 0.2) is 0 Å². The number of hydrogen-bond acceptors (Lipinski definition) is 6. The Morgan fingerprint density at radius 1 is 1.38 bits per heavy atom. The van der Waals surface area contributed by atoms with Gasteiger partial charge in [-0.15, -0.1) is 16.4 Å². The van der Waals surface area contributed by atoms with Gasteiger partial charge in [0.05, 0.1) is 23.4 Å². The number of nitrogens with zero attached hydrogens (tertiary/aromatic N) is 4. The summed E-state index contributed by atoms with van der Waals surface area (Å²) in [6.07, 6.45) is 1.48. The van der Waals surface area contributed by atoms with Gasteiger partial charge in [0.25, 0.3) is 5.91 Å². The third-order valence-corrected chi connectivity index (χ3v) is 3.66. The van der Waals surface area contributed by atoms with Crippen molar-refractivity contribution in [2.45, 2.75) is 0 Å². The smallest absolute Gasteiger partial charge is 0.265 e. The Morgan fingerprint density at radius 3 is 2.95 bits per heavy atom. The van der Waals surface area contributed by atoms with E-state index in [1.807, 2.05) is 11.4 Å². The van der Waals surface area contributed by atoms with Gasteiger partial charge in [0.2, 0.25) is 0 Å². The highest BCUT2D eigenvalue weighted by Crippen LogP contribution is 2.27. The van der Waals surface area contributed by atoms with Gasteiger partial charge in [0.1, 0.15) is 12.1 Å². The quantitative estimate of drug-likeness (QED) is 0.797. The molecule has 1 N–H and O–H groups in total. The summed E-state index contributed by atoms with van der Waals surface area (Å²) in [5.74, 6) is 0.367. The summed E-state index contributed by atoms with van der Waals surface area (Å²) in [5, 5.41) is 15.6. The Hall–Kier alpha value is -2.74. The van der Waals surface area contributed by atoms with Gasteiger partial charge in [-0.2, -0.15) is 0 Å². The Kier molecular flexibility index (Phi) is 3.61. The third kappa shape index (κ3) is 2.75. The van der Waals surface area contributed by atoms with Crippen molar-refractivity contribution in [2.75, 3.05) is 12.4 Å². The maximum atomic E-state index is 12.1. The fourth-order valence-corrected chi connectivity index (χ4v) is 2.42. The van der Waals surface area contributed by atoms with Crippen LogP contribution in [-0.4, -0.2) is 33.2 Å². The molecule has 0 spiro atoms. The molecule has 7 nitrogen and oxygen atoms in total. The first-order valence-corrected chi connectivity index (χ1v) is 6.92. The molecule has 0 atom stereocenters. The molecule has 1 aromatic carbocycles. The van der Waals surface area contributed by atoms with Gasteiger partial charge < -0.3 is 10.1 Å². The Labute approximate surface area is 124 Å². The monoisotopic (exact) mass is 301 g/mol. The molecule has 0 aliphatic rings. The van der Waals surface area contributed by atoms with Crippen LogP contribution in [0.3, 0.4) is 0 Å². The molecule has 0 bridgehead atoms. The number of anilines is 1. The molecule has 3 rings (SSSR count). The zero-order valence-corrected chi connectivity index (χ0v) is 11.9. The first kappa shape index (κ1) is 13.3. The predicted octanol–water partition coefficient (Wildman–Crippen LogP) is 1.98. The van der Waals surface area contributed by atoms with Crippen LogP contribution in [0.2, 0.25) is 0 Å².